The summed E-state index contributed by atoms with van der Waals surface area (Å²) in [6, 6.07) is 0.265. The van der Waals surface area contributed by atoms with Crippen LogP contribution < -0.4 is 5.73 Å². The van der Waals surface area contributed by atoms with Gasteiger partial charge < -0.3 is 10.8 Å². The average molecular weight is 157 g/mol. The van der Waals surface area contributed by atoms with Crippen LogP contribution in [0.25, 0.3) is 0 Å². The van der Waals surface area contributed by atoms with Crippen molar-refractivity contribution in [3.8, 4) is 0 Å². The third kappa shape index (κ3) is 2.46. The molecule has 0 aliphatic heterocycles. The molecule has 1 aliphatic rings. The highest BCUT2D eigenvalue weighted by atomic mass is 16.3. The normalized spacial score (nSPS) is 36.8. The van der Waals surface area contributed by atoms with E-state index >= 15 is 0 Å². The smallest absolute Gasteiger partial charge is 0.0677 e. The highest BCUT2D eigenvalue weighted by molar-refractivity contribution is 4.96. The van der Waals surface area contributed by atoms with E-state index in [0.29, 0.717) is 0 Å². The van der Waals surface area contributed by atoms with Crippen LogP contribution in [0.4, 0.5) is 0 Å². The summed E-state index contributed by atoms with van der Waals surface area (Å²) in [6.45, 7) is 2.18. The Balaban J connectivity index is 2.07. The van der Waals surface area contributed by atoms with Crippen LogP contribution in [0, 0.1) is 0 Å². The van der Waals surface area contributed by atoms with Crippen molar-refractivity contribution in [2.24, 2.45) is 5.73 Å². The van der Waals surface area contributed by atoms with Gasteiger partial charge in [-0.25, -0.2) is 0 Å². The first kappa shape index (κ1) is 9.01. The van der Waals surface area contributed by atoms with Gasteiger partial charge in [0.15, 0.2) is 0 Å². The molecule has 0 saturated heterocycles. The molecule has 0 atom stereocenters. The second-order valence-corrected chi connectivity index (χ2v) is 3.85. The molecule has 0 aromatic rings. The van der Waals surface area contributed by atoms with E-state index in [2.05, 4.69) is 6.92 Å². The van der Waals surface area contributed by atoms with Gasteiger partial charge in [0.2, 0.25) is 0 Å². The van der Waals surface area contributed by atoms with E-state index in [1.165, 1.54) is 12.8 Å². The number of rotatable bonds is 4. The highest BCUT2D eigenvalue weighted by Gasteiger charge is 2.39. The van der Waals surface area contributed by atoms with Crippen molar-refractivity contribution in [2.45, 2.75) is 57.1 Å². The third-order valence-corrected chi connectivity index (χ3v) is 2.53. The SMILES string of the molecule is CCCCCC1(O)CC(N)C1. The first-order valence-corrected chi connectivity index (χ1v) is 4.64. The fraction of sp³-hybridized carbons (Fsp3) is 1.00. The van der Waals surface area contributed by atoms with Crippen molar-refractivity contribution >= 4 is 0 Å². The van der Waals surface area contributed by atoms with Gasteiger partial charge in [-0.15, -0.1) is 0 Å². The summed E-state index contributed by atoms with van der Waals surface area (Å²) >= 11 is 0. The molecule has 11 heavy (non-hydrogen) atoms. The Labute approximate surface area is 68.8 Å². The molecule has 0 radical (unpaired) electrons. The zero-order valence-electron chi connectivity index (χ0n) is 7.34. The third-order valence-electron chi connectivity index (χ3n) is 2.53. The summed E-state index contributed by atoms with van der Waals surface area (Å²) in [4.78, 5) is 0. The summed E-state index contributed by atoms with van der Waals surface area (Å²) in [5.41, 5.74) is 5.22. The molecule has 2 heteroatoms. The predicted molar refractivity (Wildman–Crippen MR) is 46.3 cm³/mol. The van der Waals surface area contributed by atoms with Crippen molar-refractivity contribution in [2.75, 3.05) is 0 Å². The molecule has 0 bridgehead atoms. The van der Waals surface area contributed by atoms with Gasteiger partial charge in [-0.1, -0.05) is 26.2 Å². The summed E-state index contributed by atoms with van der Waals surface area (Å²) < 4.78 is 0. The van der Waals surface area contributed by atoms with Gasteiger partial charge in [0.25, 0.3) is 0 Å². The van der Waals surface area contributed by atoms with Gasteiger partial charge >= 0.3 is 0 Å². The first-order valence-electron chi connectivity index (χ1n) is 4.64. The lowest BCUT2D eigenvalue weighted by molar-refractivity contribution is -0.0545. The van der Waals surface area contributed by atoms with Crippen LogP contribution in [0.1, 0.15) is 45.4 Å². The van der Waals surface area contributed by atoms with Gasteiger partial charge in [-0.2, -0.15) is 0 Å². The van der Waals surface area contributed by atoms with Gasteiger partial charge in [0, 0.05) is 6.04 Å². The van der Waals surface area contributed by atoms with E-state index in [9.17, 15) is 5.11 Å². The van der Waals surface area contributed by atoms with Gasteiger partial charge in [-0.3, -0.25) is 0 Å². The Morgan fingerprint density at radius 2 is 2.09 bits per heavy atom. The van der Waals surface area contributed by atoms with Gasteiger partial charge in [0.05, 0.1) is 5.60 Å². The van der Waals surface area contributed by atoms with E-state index in [0.717, 1.165) is 25.7 Å². The summed E-state index contributed by atoms with van der Waals surface area (Å²) in [6.07, 6.45) is 6.20. The minimum atomic E-state index is -0.380. The van der Waals surface area contributed by atoms with E-state index in [1.807, 2.05) is 0 Å². The Hall–Kier alpha value is -0.0800. The van der Waals surface area contributed by atoms with Crippen LogP contribution in [-0.4, -0.2) is 16.7 Å². The standard InChI is InChI=1S/C9H19NO/c1-2-3-4-5-9(11)6-8(10)7-9/h8,11H,2-7,10H2,1H3. The Bertz CT molecular complexity index is 119. The van der Waals surface area contributed by atoms with Crippen LogP contribution in [0.2, 0.25) is 0 Å². The van der Waals surface area contributed by atoms with E-state index < -0.39 is 0 Å². The van der Waals surface area contributed by atoms with Crippen molar-refractivity contribution in [1.29, 1.82) is 0 Å². The summed E-state index contributed by atoms with van der Waals surface area (Å²) in [5, 5.41) is 9.73. The fourth-order valence-electron chi connectivity index (χ4n) is 1.82. The Kier molecular flexibility index (Phi) is 2.90. The number of hydrogen-bond donors (Lipinski definition) is 2. The van der Waals surface area contributed by atoms with Gasteiger partial charge in [-0.05, 0) is 19.3 Å². The monoisotopic (exact) mass is 157 g/mol. The molecule has 66 valence electrons. The van der Waals surface area contributed by atoms with Crippen LogP contribution in [0.5, 0.6) is 0 Å². The second kappa shape index (κ2) is 3.55. The lowest BCUT2D eigenvalue weighted by atomic mass is 9.73. The highest BCUT2D eigenvalue weighted by Crippen LogP contribution is 2.35. The van der Waals surface area contributed by atoms with Crippen molar-refractivity contribution in [3.05, 3.63) is 0 Å². The molecule has 0 spiro atoms. The molecule has 3 N–H and O–H groups in total. The lowest BCUT2D eigenvalue weighted by Gasteiger charge is -2.41. The first-order chi connectivity index (χ1) is 5.16. The molecule has 0 aromatic heterocycles. The predicted octanol–water partition coefficient (Wildman–Crippen LogP) is 1.42. The molecule has 1 aliphatic carbocycles. The molecule has 0 amide bonds. The van der Waals surface area contributed by atoms with Crippen molar-refractivity contribution < 1.29 is 5.11 Å². The maximum Gasteiger partial charge on any atom is 0.0677 e. The minimum absolute atomic E-state index is 0.265. The number of aliphatic hydroxyl groups is 1. The van der Waals surface area contributed by atoms with Crippen LogP contribution in [0.3, 0.4) is 0 Å². The summed E-state index contributed by atoms with van der Waals surface area (Å²) in [7, 11) is 0. The molecule has 2 nitrogen and oxygen atoms in total. The number of hydrogen-bond acceptors (Lipinski definition) is 2. The largest absolute Gasteiger partial charge is 0.390 e. The molecule has 0 unspecified atom stereocenters. The molecular weight excluding hydrogens is 138 g/mol. The van der Waals surface area contributed by atoms with E-state index in [-0.39, 0.29) is 11.6 Å². The van der Waals surface area contributed by atoms with Crippen molar-refractivity contribution in [1.82, 2.24) is 0 Å². The number of unbranched alkanes of at least 4 members (excludes halogenated alkanes) is 2. The minimum Gasteiger partial charge on any atom is -0.390 e. The zero-order chi connectivity index (χ0) is 8.32. The lowest BCUT2D eigenvalue weighted by Crippen LogP contribution is -2.51. The molecule has 1 saturated carbocycles. The molecule has 1 rings (SSSR count). The molecular formula is C9H19NO. The summed E-state index contributed by atoms with van der Waals surface area (Å²) in [5.74, 6) is 0. The van der Waals surface area contributed by atoms with Crippen molar-refractivity contribution in [3.63, 3.8) is 0 Å². The Morgan fingerprint density at radius 3 is 2.55 bits per heavy atom. The molecule has 1 fully saturated rings. The quantitative estimate of drug-likeness (QED) is 0.606. The van der Waals surface area contributed by atoms with E-state index in [1.54, 1.807) is 0 Å². The zero-order valence-corrected chi connectivity index (χ0v) is 7.34. The fourth-order valence-corrected chi connectivity index (χ4v) is 1.82. The molecule has 0 heterocycles. The average Bonchev–Trinajstić information content (AvgIpc) is 1.85. The maximum absolute atomic E-state index is 9.73. The van der Waals surface area contributed by atoms with Gasteiger partial charge in [0.1, 0.15) is 0 Å². The molecule has 0 aromatic carbocycles. The van der Waals surface area contributed by atoms with Crippen LogP contribution in [-0.2, 0) is 0 Å². The Morgan fingerprint density at radius 1 is 1.45 bits per heavy atom. The van der Waals surface area contributed by atoms with Crippen LogP contribution in [0.15, 0.2) is 0 Å². The van der Waals surface area contributed by atoms with Crippen LogP contribution >= 0.6 is 0 Å². The maximum atomic E-state index is 9.73. The van der Waals surface area contributed by atoms with E-state index in [4.69, 9.17) is 5.73 Å². The number of nitrogens with two attached hydrogens (primary N) is 1. The topological polar surface area (TPSA) is 46.2 Å². The second-order valence-electron chi connectivity index (χ2n) is 3.85.